The van der Waals surface area contributed by atoms with Crippen LogP contribution in [0.4, 0.5) is 5.69 Å². The van der Waals surface area contributed by atoms with E-state index in [0.717, 1.165) is 34.5 Å². The molecule has 1 amide bonds. The van der Waals surface area contributed by atoms with Crippen LogP contribution in [0.3, 0.4) is 0 Å². The second kappa shape index (κ2) is 6.49. The number of aryl methyl sites for hydroxylation is 1. The SMILES string of the molecule is Cc1cccc(C2CC(=O)N(c3ccccc3)C3=C2C(=O)CC(C)(C)C3)c1. The summed E-state index contributed by atoms with van der Waals surface area (Å²) in [7, 11) is 0. The standard InChI is InChI=1S/C24H25NO2/c1-16-8-7-9-17(12-16)19-13-22(27)25(18-10-5-4-6-11-18)20-14-24(2,3)15-21(26)23(19)20/h4-12,19H,13-15H2,1-3H3. The molecule has 0 bridgehead atoms. The number of ketones is 1. The summed E-state index contributed by atoms with van der Waals surface area (Å²) in [5, 5.41) is 0. The van der Waals surface area contributed by atoms with Crippen molar-refractivity contribution in [1.82, 2.24) is 0 Å². The first-order valence-electron chi connectivity index (χ1n) is 9.56. The van der Waals surface area contributed by atoms with Crippen molar-refractivity contribution in [1.29, 1.82) is 0 Å². The van der Waals surface area contributed by atoms with E-state index in [1.807, 2.05) is 55.5 Å². The molecule has 0 aromatic heterocycles. The Bertz CT molecular complexity index is 940. The highest BCUT2D eigenvalue weighted by molar-refractivity contribution is 6.07. The average molecular weight is 359 g/mol. The first-order valence-corrected chi connectivity index (χ1v) is 9.56. The molecule has 0 spiro atoms. The molecule has 1 heterocycles. The molecule has 3 heteroatoms. The van der Waals surface area contributed by atoms with Gasteiger partial charge in [-0.2, -0.15) is 0 Å². The molecule has 0 radical (unpaired) electrons. The lowest BCUT2D eigenvalue weighted by molar-refractivity contribution is -0.121. The molecule has 3 nitrogen and oxygen atoms in total. The third kappa shape index (κ3) is 3.23. The van der Waals surface area contributed by atoms with Crippen molar-refractivity contribution in [3.05, 3.63) is 77.0 Å². The summed E-state index contributed by atoms with van der Waals surface area (Å²) in [6.07, 6.45) is 1.60. The van der Waals surface area contributed by atoms with E-state index in [0.29, 0.717) is 12.8 Å². The topological polar surface area (TPSA) is 37.4 Å². The van der Waals surface area contributed by atoms with Crippen molar-refractivity contribution in [2.75, 3.05) is 4.90 Å². The normalized spacial score (nSPS) is 22.0. The number of amides is 1. The van der Waals surface area contributed by atoms with Gasteiger partial charge in [0.25, 0.3) is 0 Å². The van der Waals surface area contributed by atoms with Crippen LogP contribution >= 0.6 is 0 Å². The fourth-order valence-corrected chi connectivity index (χ4v) is 4.46. The minimum Gasteiger partial charge on any atom is -0.294 e. The second-order valence-electron chi connectivity index (χ2n) is 8.54. The Kier molecular flexibility index (Phi) is 4.26. The molecule has 27 heavy (non-hydrogen) atoms. The highest BCUT2D eigenvalue weighted by Gasteiger charge is 2.44. The van der Waals surface area contributed by atoms with Crippen molar-refractivity contribution in [2.45, 2.75) is 46.0 Å². The minimum atomic E-state index is -0.143. The number of hydrogen-bond acceptors (Lipinski definition) is 2. The molecule has 0 N–H and O–H groups in total. The van der Waals surface area contributed by atoms with Gasteiger partial charge in [-0.1, -0.05) is 61.9 Å². The van der Waals surface area contributed by atoms with E-state index in [2.05, 4.69) is 19.9 Å². The fraction of sp³-hybridized carbons (Fsp3) is 0.333. The predicted octanol–water partition coefficient (Wildman–Crippen LogP) is 5.16. The van der Waals surface area contributed by atoms with E-state index < -0.39 is 0 Å². The quantitative estimate of drug-likeness (QED) is 0.743. The molecule has 4 rings (SSSR count). The molecule has 0 saturated heterocycles. The molecule has 1 aliphatic heterocycles. The number of benzene rings is 2. The van der Waals surface area contributed by atoms with Gasteiger partial charge in [0.05, 0.1) is 0 Å². The predicted molar refractivity (Wildman–Crippen MR) is 108 cm³/mol. The molecule has 1 aliphatic carbocycles. The van der Waals surface area contributed by atoms with E-state index in [9.17, 15) is 9.59 Å². The molecule has 2 aromatic rings. The number of carbonyl (C=O) groups is 2. The minimum absolute atomic E-state index is 0.0666. The maximum Gasteiger partial charge on any atom is 0.232 e. The lowest BCUT2D eigenvalue weighted by atomic mass is 9.69. The lowest BCUT2D eigenvalue weighted by Crippen LogP contribution is -2.43. The molecule has 2 aliphatic rings. The zero-order chi connectivity index (χ0) is 19.2. The Labute approximate surface area is 160 Å². The van der Waals surface area contributed by atoms with Crippen LogP contribution in [0.5, 0.6) is 0 Å². The van der Waals surface area contributed by atoms with Gasteiger partial charge >= 0.3 is 0 Å². The number of para-hydroxylation sites is 1. The molecule has 1 atom stereocenters. The molecule has 1 unspecified atom stereocenters. The van der Waals surface area contributed by atoms with Crippen molar-refractivity contribution in [2.24, 2.45) is 5.41 Å². The van der Waals surface area contributed by atoms with E-state index >= 15 is 0 Å². The van der Waals surface area contributed by atoms with Crippen molar-refractivity contribution in [3.63, 3.8) is 0 Å². The number of Topliss-reactive ketones (excluding diaryl/α,β-unsaturated/α-hetero) is 1. The van der Waals surface area contributed by atoms with Crippen molar-refractivity contribution < 1.29 is 9.59 Å². The summed E-state index contributed by atoms with van der Waals surface area (Å²) in [4.78, 5) is 28.2. The second-order valence-corrected chi connectivity index (χ2v) is 8.54. The van der Waals surface area contributed by atoms with Crippen molar-refractivity contribution in [3.8, 4) is 0 Å². The monoisotopic (exact) mass is 359 g/mol. The Morgan fingerprint density at radius 2 is 1.70 bits per heavy atom. The van der Waals surface area contributed by atoms with Crippen LogP contribution < -0.4 is 4.90 Å². The summed E-state index contributed by atoms with van der Waals surface area (Å²) in [6, 6.07) is 17.9. The molecule has 0 fully saturated rings. The van der Waals surface area contributed by atoms with Gasteiger partial charge in [0.15, 0.2) is 5.78 Å². The Morgan fingerprint density at radius 3 is 2.41 bits per heavy atom. The summed E-state index contributed by atoms with van der Waals surface area (Å²) in [5.74, 6) is 0.106. The van der Waals surface area contributed by atoms with Crippen LogP contribution in [-0.2, 0) is 9.59 Å². The molecular formula is C24H25NO2. The molecule has 0 saturated carbocycles. The van der Waals surface area contributed by atoms with E-state index in [-0.39, 0.29) is 23.0 Å². The summed E-state index contributed by atoms with van der Waals surface area (Å²) in [6.45, 7) is 6.27. The highest BCUT2D eigenvalue weighted by Crippen LogP contribution is 2.48. The third-order valence-electron chi connectivity index (χ3n) is 5.60. The van der Waals surface area contributed by atoms with Crippen LogP contribution in [0.2, 0.25) is 0 Å². The maximum absolute atomic E-state index is 13.2. The van der Waals surface area contributed by atoms with Gasteiger partial charge < -0.3 is 0 Å². The van der Waals surface area contributed by atoms with Gasteiger partial charge in [-0.25, -0.2) is 0 Å². The zero-order valence-electron chi connectivity index (χ0n) is 16.2. The summed E-state index contributed by atoms with van der Waals surface area (Å²) < 4.78 is 0. The number of allylic oxidation sites excluding steroid dienone is 2. The largest absolute Gasteiger partial charge is 0.294 e. The van der Waals surface area contributed by atoms with Crippen LogP contribution in [0, 0.1) is 12.3 Å². The summed E-state index contributed by atoms with van der Waals surface area (Å²) >= 11 is 0. The van der Waals surface area contributed by atoms with E-state index in [4.69, 9.17) is 0 Å². The van der Waals surface area contributed by atoms with E-state index in [1.54, 1.807) is 4.90 Å². The fourth-order valence-electron chi connectivity index (χ4n) is 4.46. The molecule has 2 aromatic carbocycles. The molecule has 138 valence electrons. The Balaban J connectivity index is 1.90. The molecular weight excluding hydrogens is 334 g/mol. The lowest BCUT2D eigenvalue weighted by Gasteiger charge is -2.43. The number of carbonyl (C=O) groups excluding carboxylic acids is 2. The first kappa shape index (κ1) is 17.7. The van der Waals surface area contributed by atoms with Crippen molar-refractivity contribution >= 4 is 17.4 Å². The van der Waals surface area contributed by atoms with Crippen LogP contribution in [0.25, 0.3) is 0 Å². The maximum atomic E-state index is 13.2. The van der Waals surface area contributed by atoms with Crippen LogP contribution in [0.1, 0.15) is 50.2 Å². The van der Waals surface area contributed by atoms with Crippen LogP contribution in [0.15, 0.2) is 65.9 Å². The smallest absolute Gasteiger partial charge is 0.232 e. The van der Waals surface area contributed by atoms with Gasteiger partial charge in [-0.3, -0.25) is 14.5 Å². The Morgan fingerprint density at radius 1 is 0.963 bits per heavy atom. The first-order chi connectivity index (χ1) is 12.9. The zero-order valence-corrected chi connectivity index (χ0v) is 16.2. The van der Waals surface area contributed by atoms with E-state index in [1.165, 1.54) is 0 Å². The van der Waals surface area contributed by atoms with Crippen LogP contribution in [-0.4, -0.2) is 11.7 Å². The summed E-state index contributed by atoms with van der Waals surface area (Å²) in [5.41, 5.74) is 4.65. The van der Waals surface area contributed by atoms with Gasteiger partial charge in [-0.05, 0) is 36.5 Å². The Hall–Kier alpha value is -2.68. The van der Waals surface area contributed by atoms with Gasteiger partial charge in [0.2, 0.25) is 5.91 Å². The van der Waals surface area contributed by atoms with Gasteiger partial charge in [0.1, 0.15) is 0 Å². The number of hydrogen-bond donors (Lipinski definition) is 0. The average Bonchev–Trinajstić information content (AvgIpc) is 2.60. The number of anilines is 1. The third-order valence-corrected chi connectivity index (χ3v) is 5.60. The van der Waals surface area contributed by atoms with Gasteiger partial charge in [-0.15, -0.1) is 0 Å². The highest BCUT2D eigenvalue weighted by atomic mass is 16.2. The van der Waals surface area contributed by atoms with Gasteiger partial charge in [0, 0.05) is 35.7 Å². The number of rotatable bonds is 2. The number of nitrogens with zero attached hydrogens (tertiary/aromatic N) is 1.